The van der Waals surface area contributed by atoms with Gasteiger partial charge in [-0.05, 0) is 31.0 Å². The van der Waals surface area contributed by atoms with Crippen LogP contribution in [0.4, 0.5) is 0 Å². The number of nitrogens with zero attached hydrogens (tertiary/aromatic N) is 1. The van der Waals surface area contributed by atoms with E-state index in [0.717, 1.165) is 23.3 Å². The van der Waals surface area contributed by atoms with Crippen molar-refractivity contribution in [3.05, 3.63) is 29.3 Å². The van der Waals surface area contributed by atoms with Crippen LogP contribution in [0, 0.1) is 5.92 Å². The van der Waals surface area contributed by atoms with E-state index in [2.05, 4.69) is 6.07 Å². The van der Waals surface area contributed by atoms with Gasteiger partial charge in [0.15, 0.2) is 0 Å². The molecule has 2 aliphatic heterocycles. The average molecular weight is 289 g/mol. The van der Waals surface area contributed by atoms with Crippen LogP contribution >= 0.6 is 0 Å². The van der Waals surface area contributed by atoms with Gasteiger partial charge in [-0.2, -0.15) is 0 Å². The maximum Gasteiger partial charge on any atom is 0.308 e. The number of hydrogen-bond acceptors (Lipinski definition) is 3. The van der Waals surface area contributed by atoms with Crippen LogP contribution < -0.4 is 4.74 Å². The number of aliphatic carboxylic acids is 1. The van der Waals surface area contributed by atoms with E-state index in [-0.39, 0.29) is 17.9 Å². The molecule has 0 unspecified atom stereocenters. The van der Waals surface area contributed by atoms with Gasteiger partial charge in [-0.25, -0.2) is 0 Å². The second-order valence-corrected chi connectivity index (χ2v) is 6.49. The number of amides is 1. The monoisotopic (exact) mass is 289 g/mol. The van der Waals surface area contributed by atoms with Gasteiger partial charge in [-0.3, -0.25) is 9.59 Å². The molecule has 0 saturated carbocycles. The molecule has 1 amide bonds. The number of carbonyl (C=O) groups excluding carboxylic acids is 1. The molecule has 0 spiro atoms. The topological polar surface area (TPSA) is 66.8 Å². The third-order valence-electron chi connectivity index (χ3n) is 4.06. The van der Waals surface area contributed by atoms with Crippen molar-refractivity contribution in [2.75, 3.05) is 6.54 Å². The lowest BCUT2D eigenvalue weighted by molar-refractivity contribution is -0.141. The molecule has 1 fully saturated rings. The summed E-state index contributed by atoms with van der Waals surface area (Å²) in [5, 5.41) is 9.00. The predicted molar refractivity (Wildman–Crippen MR) is 76.0 cm³/mol. The van der Waals surface area contributed by atoms with Gasteiger partial charge in [0.05, 0.1) is 5.92 Å². The average Bonchev–Trinajstić information content (AvgIpc) is 2.88. The summed E-state index contributed by atoms with van der Waals surface area (Å²) < 4.78 is 5.83. The highest BCUT2D eigenvalue weighted by Crippen LogP contribution is 2.35. The molecule has 21 heavy (non-hydrogen) atoms. The zero-order valence-electron chi connectivity index (χ0n) is 12.3. The van der Waals surface area contributed by atoms with E-state index >= 15 is 0 Å². The molecular weight excluding hydrogens is 270 g/mol. The molecule has 112 valence electrons. The summed E-state index contributed by atoms with van der Waals surface area (Å²) in [5.41, 5.74) is 1.99. The Hall–Kier alpha value is -2.04. The highest BCUT2D eigenvalue weighted by molar-refractivity contribution is 5.86. The Morgan fingerprint density at radius 3 is 2.90 bits per heavy atom. The maximum atomic E-state index is 11.9. The number of carbonyl (C=O) groups is 2. The third-order valence-corrected chi connectivity index (χ3v) is 4.06. The molecule has 1 atom stereocenters. The predicted octanol–water partition coefficient (Wildman–Crippen LogP) is 1.83. The van der Waals surface area contributed by atoms with Gasteiger partial charge in [-0.1, -0.05) is 12.1 Å². The van der Waals surface area contributed by atoms with Gasteiger partial charge in [0.1, 0.15) is 11.4 Å². The first-order valence-electron chi connectivity index (χ1n) is 7.15. The Bertz CT molecular complexity index is 608. The molecule has 0 bridgehead atoms. The molecule has 1 aromatic rings. The van der Waals surface area contributed by atoms with Crippen molar-refractivity contribution in [2.24, 2.45) is 5.92 Å². The number of carboxylic acids is 1. The zero-order valence-corrected chi connectivity index (χ0v) is 12.3. The smallest absolute Gasteiger partial charge is 0.308 e. The minimum Gasteiger partial charge on any atom is -0.487 e. The number of ether oxygens (including phenoxy) is 1. The molecule has 0 radical (unpaired) electrons. The van der Waals surface area contributed by atoms with Gasteiger partial charge in [0.25, 0.3) is 0 Å². The highest BCUT2D eigenvalue weighted by Gasteiger charge is 2.34. The number of likely N-dealkylation sites (tertiary alicyclic amines) is 1. The summed E-state index contributed by atoms with van der Waals surface area (Å²) in [7, 11) is 0. The van der Waals surface area contributed by atoms with Crippen LogP contribution in [0.3, 0.4) is 0 Å². The zero-order chi connectivity index (χ0) is 15.2. The van der Waals surface area contributed by atoms with Crippen molar-refractivity contribution in [2.45, 2.75) is 38.8 Å². The van der Waals surface area contributed by atoms with Crippen LogP contribution in [0.5, 0.6) is 5.75 Å². The van der Waals surface area contributed by atoms with Crippen molar-refractivity contribution < 1.29 is 19.4 Å². The van der Waals surface area contributed by atoms with Crippen LogP contribution in [0.1, 0.15) is 31.4 Å². The van der Waals surface area contributed by atoms with Gasteiger partial charge in [0, 0.05) is 25.9 Å². The van der Waals surface area contributed by atoms with Gasteiger partial charge in [-0.15, -0.1) is 0 Å². The fraction of sp³-hybridized carbons (Fsp3) is 0.500. The SMILES string of the molecule is CC1(C)Cc2cc(CN3C[C@@H](C(=O)O)CC3=O)ccc2O1. The van der Waals surface area contributed by atoms with E-state index in [4.69, 9.17) is 9.84 Å². The van der Waals surface area contributed by atoms with Crippen LogP contribution in [-0.2, 0) is 22.6 Å². The van der Waals surface area contributed by atoms with Crippen molar-refractivity contribution >= 4 is 11.9 Å². The molecule has 2 aliphatic rings. The number of rotatable bonds is 3. The third kappa shape index (κ3) is 2.73. The highest BCUT2D eigenvalue weighted by atomic mass is 16.5. The number of carboxylic acid groups (broad SMARTS) is 1. The second kappa shape index (κ2) is 4.76. The molecule has 5 nitrogen and oxygen atoms in total. The Balaban J connectivity index is 1.73. The van der Waals surface area contributed by atoms with Crippen LogP contribution in [0.25, 0.3) is 0 Å². The summed E-state index contributed by atoms with van der Waals surface area (Å²) in [6.45, 7) is 4.87. The molecule has 0 aliphatic carbocycles. The standard InChI is InChI=1S/C16H19NO4/c1-16(2)7-11-5-10(3-4-13(11)21-16)8-17-9-12(15(19)20)6-14(17)18/h3-5,12H,6-9H2,1-2H3,(H,19,20)/t12-/m0/s1. The van der Waals surface area contributed by atoms with Gasteiger partial charge < -0.3 is 14.7 Å². The summed E-state index contributed by atoms with van der Waals surface area (Å²) in [4.78, 5) is 24.5. The lowest BCUT2D eigenvalue weighted by Crippen LogP contribution is -2.25. The Kier molecular flexibility index (Phi) is 3.15. The van der Waals surface area contributed by atoms with Gasteiger partial charge in [0.2, 0.25) is 5.91 Å². The summed E-state index contributed by atoms with van der Waals surface area (Å²) >= 11 is 0. The molecular formula is C16H19NO4. The first-order chi connectivity index (χ1) is 9.84. The molecule has 0 aromatic heterocycles. The van der Waals surface area contributed by atoms with Crippen molar-refractivity contribution in [1.82, 2.24) is 4.90 Å². The lowest BCUT2D eigenvalue weighted by Gasteiger charge is -2.17. The fourth-order valence-electron chi connectivity index (χ4n) is 3.07. The largest absolute Gasteiger partial charge is 0.487 e. The molecule has 2 heterocycles. The molecule has 1 aromatic carbocycles. The lowest BCUT2D eigenvalue weighted by atomic mass is 10.00. The first-order valence-corrected chi connectivity index (χ1v) is 7.15. The van der Waals surface area contributed by atoms with E-state index in [1.165, 1.54) is 0 Å². The van der Waals surface area contributed by atoms with Crippen LogP contribution in [-0.4, -0.2) is 34.0 Å². The molecule has 5 heteroatoms. The van der Waals surface area contributed by atoms with Crippen molar-refractivity contribution in [3.8, 4) is 5.75 Å². The number of benzene rings is 1. The Morgan fingerprint density at radius 2 is 2.24 bits per heavy atom. The van der Waals surface area contributed by atoms with Crippen LogP contribution in [0.2, 0.25) is 0 Å². The number of fused-ring (bicyclic) bond motifs is 1. The first kappa shape index (κ1) is 13.9. The van der Waals surface area contributed by atoms with E-state index in [9.17, 15) is 9.59 Å². The molecule has 1 N–H and O–H groups in total. The van der Waals surface area contributed by atoms with Gasteiger partial charge >= 0.3 is 5.97 Å². The second-order valence-electron chi connectivity index (χ2n) is 6.49. The number of hydrogen-bond donors (Lipinski definition) is 1. The van der Waals surface area contributed by atoms with E-state index < -0.39 is 11.9 Å². The maximum absolute atomic E-state index is 11.9. The minimum atomic E-state index is -0.894. The molecule has 3 rings (SSSR count). The Labute approximate surface area is 123 Å². The summed E-state index contributed by atoms with van der Waals surface area (Å²) in [5.74, 6) is -0.650. The van der Waals surface area contributed by atoms with E-state index in [0.29, 0.717) is 13.1 Å². The van der Waals surface area contributed by atoms with Crippen molar-refractivity contribution in [1.29, 1.82) is 0 Å². The van der Waals surface area contributed by atoms with E-state index in [1.54, 1.807) is 4.90 Å². The minimum absolute atomic E-state index is 0.0838. The summed E-state index contributed by atoms with van der Waals surface area (Å²) in [6.07, 6.45) is 0.957. The normalized spacial score (nSPS) is 23.0. The summed E-state index contributed by atoms with van der Waals surface area (Å²) in [6, 6.07) is 5.95. The van der Waals surface area contributed by atoms with Crippen molar-refractivity contribution in [3.63, 3.8) is 0 Å². The van der Waals surface area contributed by atoms with Crippen LogP contribution in [0.15, 0.2) is 18.2 Å². The van der Waals surface area contributed by atoms with E-state index in [1.807, 2.05) is 26.0 Å². The Morgan fingerprint density at radius 1 is 1.48 bits per heavy atom. The quantitative estimate of drug-likeness (QED) is 0.922. The molecule has 1 saturated heterocycles. The fourth-order valence-corrected chi connectivity index (χ4v) is 3.07.